The van der Waals surface area contributed by atoms with E-state index in [0.717, 1.165) is 42.5 Å². The van der Waals surface area contributed by atoms with Crippen molar-refractivity contribution in [2.24, 2.45) is 0 Å². The number of piperazine rings is 1. The van der Waals surface area contributed by atoms with E-state index < -0.39 is 6.10 Å². The SMILES string of the molecule is Cc1ccc(Cl)cc1N1CCN(CC(O)COc2ccccc2C(C)(C)C)CC1. The van der Waals surface area contributed by atoms with E-state index in [-0.39, 0.29) is 5.41 Å². The van der Waals surface area contributed by atoms with Crippen molar-refractivity contribution in [3.8, 4) is 5.75 Å². The zero-order chi connectivity index (χ0) is 21.0. The van der Waals surface area contributed by atoms with Gasteiger partial charge < -0.3 is 14.7 Å². The van der Waals surface area contributed by atoms with Crippen LogP contribution in [-0.2, 0) is 5.41 Å². The highest BCUT2D eigenvalue weighted by atomic mass is 35.5. The number of β-amino-alcohol motifs (C(OH)–C–C–N with tert-alkyl or cyclic N) is 1. The monoisotopic (exact) mass is 416 g/mol. The number of rotatable bonds is 6. The fourth-order valence-corrected chi connectivity index (χ4v) is 4.01. The number of anilines is 1. The molecule has 0 saturated carbocycles. The summed E-state index contributed by atoms with van der Waals surface area (Å²) in [6.07, 6.45) is -0.512. The molecule has 1 saturated heterocycles. The topological polar surface area (TPSA) is 35.9 Å². The number of aliphatic hydroxyl groups excluding tert-OH is 1. The van der Waals surface area contributed by atoms with E-state index in [1.54, 1.807) is 0 Å². The zero-order valence-electron chi connectivity index (χ0n) is 18.0. The van der Waals surface area contributed by atoms with Gasteiger partial charge in [-0.05, 0) is 41.7 Å². The van der Waals surface area contributed by atoms with Gasteiger partial charge in [0.25, 0.3) is 0 Å². The van der Waals surface area contributed by atoms with Crippen molar-refractivity contribution in [3.63, 3.8) is 0 Å². The first kappa shape index (κ1) is 21.9. The molecule has 1 fully saturated rings. The van der Waals surface area contributed by atoms with E-state index in [1.165, 1.54) is 11.3 Å². The summed E-state index contributed by atoms with van der Waals surface area (Å²) in [5.41, 5.74) is 3.63. The van der Waals surface area contributed by atoms with E-state index >= 15 is 0 Å². The number of nitrogens with zero attached hydrogens (tertiary/aromatic N) is 2. The highest BCUT2D eigenvalue weighted by Crippen LogP contribution is 2.31. The van der Waals surface area contributed by atoms with Crippen molar-refractivity contribution in [2.75, 3.05) is 44.2 Å². The molecule has 2 aromatic rings. The molecule has 1 unspecified atom stereocenters. The van der Waals surface area contributed by atoms with Crippen LogP contribution >= 0.6 is 11.6 Å². The Bertz CT molecular complexity index is 811. The second kappa shape index (κ2) is 9.38. The van der Waals surface area contributed by atoms with Gasteiger partial charge >= 0.3 is 0 Å². The quantitative estimate of drug-likeness (QED) is 0.751. The molecule has 5 heteroatoms. The fraction of sp³-hybridized carbons (Fsp3) is 0.500. The van der Waals surface area contributed by atoms with Crippen molar-refractivity contribution in [3.05, 3.63) is 58.6 Å². The van der Waals surface area contributed by atoms with Crippen LogP contribution in [0.5, 0.6) is 5.75 Å². The number of para-hydroxylation sites is 1. The summed E-state index contributed by atoms with van der Waals surface area (Å²) >= 11 is 6.17. The Balaban J connectivity index is 1.49. The van der Waals surface area contributed by atoms with Gasteiger partial charge in [-0.25, -0.2) is 0 Å². The van der Waals surface area contributed by atoms with Gasteiger partial charge in [0.1, 0.15) is 18.5 Å². The van der Waals surface area contributed by atoms with Gasteiger partial charge in [0, 0.05) is 43.4 Å². The molecular formula is C24H33ClN2O2. The van der Waals surface area contributed by atoms with Crippen LogP contribution in [-0.4, -0.2) is 55.4 Å². The number of aryl methyl sites for hydroxylation is 1. The first-order chi connectivity index (χ1) is 13.7. The molecule has 1 atom stereocenters. The van der Waals surface area contributed by atoms with E-state index in [4.69, 9.17) is 16.3 Å². The Kier molecular flexibility index (Phi) is 7.10. The maximum atomic E-state index is 10.5. The molecule has 2 aromatic carbocycles. The Labute approximate surface area is 180 Å². The van der Waals surface area contributed by atoms with Crippen LogP contribution in [0.25, 0.3) is 0 Å². The maximum Gasteiger partial charge on any atom is 0.123 e. The van der Waals surface area contributed by atoms with Gasteiger partial charge in [0.05, 0.1) is 0 Å². The summed E-state index contributed by atoms with van der Waals surface area (Å²) in [5.74, 6) is 0.861. The Morgan fingerprint density at radius 3 is 2.45 bits per heavy atom. The molecule has 3 rings (SSSR count). The minimum Gasteiger partial charge on any atom is -0.491 e. The summed E-state index contributed by atoms with van der Waals surface area (Å²) in [6, 6.07) is 14.1. The lowest BCUT2D eigenvalue weighted by atomic mass is 9.86. The average Bonchev–Trinajstić information content (AvgIpc) is 2.68. The molecule has 0 spiro atoms. The van der Waals surface area contributed by atoms with Crippen LogP contribution in [0.4, 0.5) is 5.69 Å². The highest BCUT2D eigenvalue weighted by molar-refractivity contribution is 6.30. The number of ether oxygens (including phenoxy) is 1. The van der Waals surface area contributed by atoms with E-state index in [1.807, 2.05) is 30.3 Å². The Morgan fingerprint density at radius 2 is 1.76 bits per heavy atom. The van der Waals surface area contributed by atoms with Crippen molar-refractivity contribution in [1.82, 2.24) is 4.90 Å². The first-order valence-corrected chi connectivity index (χ1v) is 10.8. The van der Waals surface area contributed by atoms with Crippen molar-refractivity contribution >= 4 is 17.3 Å². The second-order valence-corrected chi connectivity index (χ2v) is 9.37. The van der Waals surface area contributed by atoms with Gasteiger partial charge in [-0.15, -0.1) is 0 Å². The molecule has 0 aromatic heterocycles. The Morgan fingerprint density at radius 1 is 1.07 bits per heavy atom. The molecule has 1 N–H and O–H groups in total. The summed E-state index contributed by atoms with van der Waals surface area (Å²) in [4.78, 5) is 4.68. The summed E-state index contributed by atoms with van der Waals surface area (Å²) in [5, 5.41) is 11.3. The van der Waals surface area contributed by atoms with Crippen molar-refractivity contribution < 1.29 is 9.84 Å². The average molecular weight is 417 g/mol. The zero-order valence-corrected chi connectivity index (χ0v) is 18.7. The molecule has 158 valence electrons. The first-order valence-electron chi connectivity index (χ1n) is 10.4. The molecule has 0 amide bonds. The second-order valence-electron chi connectivity index (χ2n) is 8.93. The largest absolute Gasteiger partial charge is 0.491 e. The number of hydrogen-bond donors (Lipinski definition) is 1. The maximum absolute atomic E-state index is 10.5. The van der Waals surface area contributed by atoms with Crippen LogP contribution < -0.4 is 9.64 Å². The van der Waals surface area contributed by atoms with Gasteiger partial charge in [-0.2, -0.15) is 0 Å². The predicted molar refractivity (Wildman–Crippen MR) is 121 cm³/mol. The van der Waals surface area contributed by atoms with Crippen LogP contribution in [0, 0.1) is 6.92 Å². The molecular weight excluding hydrogens is 384 g/mol. The van der Waals surface area contributed by atoms with Crippen LogP contribution in [0.3, 0.4) is 0 Å². The van der Waals surface area contributed by atoms with Gasteiger partial charge in [-0.1, -0.05) is 56.6 Å². The van der Waals surface area contributed by atoms with Crippen molar-refractivity contribution in [2.45, 2.75) is 39.2 Å². The fourth-order valence-electron chi connectivity index (χ4n) is 3.84. The normalized spacial score (nSPS) is 16.7. The highest BCUT2D eigenvalue weighted by Gasteiger charge is 2.22. The predicted octanol–water partition coefficient (Wildman–Crippen LogP) is 4.51. The van der Waals surface area contributed by atoms with Crippen LogP contribution in [0.15, 0.2) is 42.5 Å². The standard InChI is InChI=1S/C24H33ClN2O2/c1-18-9-10-19(25)15-22(18)27-13-11-26(12-14-27)16-20(28)17-29-23-8-6-5-7-21(23)24(2,3)4/h5-10,15,20,28H,11-14,16-17H2,1-4H3. The lowest BCUT2D eigenvalue weighted by Crippen LogP contribution is -2.49. The molecule has 0 aliphatic carbocycles. The minimum absolute atomic E-state index is 0.0103. The van der Waals surface area contributed by atoms with E-state index in [9.17, 15) is 5.11 Å². The lowest BCUT2D eigenvalue weighted by molar-refractivity contribution is 0.0656. The summed E-state index contributed by atoms with van der Waals surface area (Å²) < 4.78 is 5.98. The summed E-state index contributed by atoms with van der Waals surface area (Å²) in [6.45, 7) is 13.3. The number of hydrogen-bond acceptors (Lipinski definition) is 4. The third-order valence-electron chi connectivity index (χ3n) is 5.48. The smallest absolute Gasteiger partial charge is 0.123 e. The molecule has 29 heavy (non-hydrogen) atoms. The van der Waals surface area contributed by atoms with Gasteiger partial charge in [0.15, 0.2) is 0 Å². The van der Waals surface area contributed by atoms with E-state index in [0.29, 0.717) is 13.2 Å². The molecule has 1 aliphatic heterocycles. The third kappa shape index (κ3) is 5.88. The summed E-state index contributed by atoms with van der Waals surface area (Å²) in [7, 11) is 0. The van der Waals surface area contributed by atoms with Crippen LogP contribution in [0.2, 0.25) is 5.02 Å². The number of aliphatic hydroxyl groups is 1. The molecule has 0 bridgehead atoms. The third-order valence-corrected chi connectivity index (χ3v) is 5.71. The molecule has 1 aliphatic rings. The number of halogens is 1. The van der Waals surface area contributed by atoms with Crippen LogP contribution in [0.1, 0.15) is 31.9 Å². The van der Waals surface area contributed by atoms with Crippen molar-refractivity contribution in [1.29, 1.82) is 0 Å². The molecule has 1 heterocycles. The minimum atomic E-state index is -0.512. The molecule has 0 radical (unpaired) electrons. The lowest BCUT2D eigenvalue weighted by Gasteiger charge is -2.37. The van der Waals surface area contributed by atoms with Gasteiger partial charge in [0.2, 0.25) is 0 Å². The Hall–Kier alpha value is -1.75. The molecule has 4 nitrogen and oxygen atoms in total. The van der Waals surface area contributed by atoms with Gasteiger partial charge in [-0.3, -0.25) is 4.90 Å². The van der Waals surface area contributed by atoms with E-state index in [2.05, 4.69) is 49.6 Å². The number of benzene rings is 2.